The summed E-state index contributed by atoms with van der Waals surface area (Å²) in [6.45, 7) is 1.81. The number of ether oxygens (including phenoxy) is 3. The second kappa shape index (κ2) is 9.01. The summed E-state index contributed by atoms with van der Waals surface area (Å²) >= 11 is 12.1. The zero-order chi connectivity index (χ0) is 18.4. The Bertz CT molecular complexity index is 765. The average Bonchev–Trinajstić information content (AvgIpc) is 2.87. The van der Waals surface area contributed by atoms with Crippen LogP contribution in [-0.2, 0) is 11.3 Å². The van der Waals surface area contributed by atoms with Crippen molar-refractivity contribution >= 4 is 29.1 Å². The molecular weight excluding hydrogens is 377 g/mol. The van der Waals surface area contributed by atoms with Crippen molar-refractivity contribution in [3.63, 3.8) is 0 Å². The van der Waals surface area contributed by atoms with Crippen LogP contribution >= 0.6 is 23.2 Å². The molecule has 1 amide bonds. The Labute approximate surface area is 162 Å². The fourth-order valence-electron chi connectivity index (χ4n) is 2.47. The predicted octanol–water partition coefficient (Wildman–Crippen LogP) is 4.24. The van der Waals surface area contributed by atoms with Crippen LogP contribution < -0.4 is 19.5 Å². The van der Waals surface area contributed by atoms with Gasteiger partial charge in [-0.2, -0.15) is 0 Å². The summed E-state index contributed by atoms with van der Waals surface area (Å²) < 4.78 is 16.8. The summed E-state index contributed by atoms with van der Waals surface area (Å²) in [5.41, 5.74) is 0.853. The number of carbonyl (C=O) groups is 1. The van der Waals surface area contributed by atoms with Gasteiger partial charge in [0.25, 0.3) is 0 Å². The average molecular weight is 396 g/mol. The van der Waals surface area contributed by atoms with Crippen LogP contribution in [0.15, 0.2) is 36.4 Å². The second-order valence-electron chi connectivity index (χ2n) is 5.78. The van der Waals surface area contributed by atoms with Gasteiger partial charge in [0.05, 0.1) is 31.3 Å². The van der Waals surface area contributed by atoms with Crippen molar-refractivity contribution in [1.82, 2.24) is 5.32 Å². The number of amides is 1. The van der Waals surface area contributed by atoms with E-state index in [-0.39, 0.29) is 18.9 Å². The first-order valence-corrected chi connectivity index (χ1v) is 9.10. The zero-order valence-electron chi connectivity index (χ0n) is 14.1. The molecule has 0 unspecified atom stereocenters. The fourth-order valence-corrected chi connectivity index (χ4v) is 2.88. The molecule has 138 valence electrons. The molecule has 0 aromatic heterocycles. The third-order valence-electron chi connectivity index (χ3n) is 3.76. The molecule has 1 aliphatic rings. The Kier molecular flexibility index (Phi) is 6.47. The standard InChI is InChI=1S/C19H19Cl2NO4/c20-14-2-4-15(5-3-14)24-9-6-18(23)22-12-13-10-16(21)19-17(11-13)25-7-1-8-26-19/h2-5,10-11H,1,6-9,12H2,(H,22,23). The molecule has 2 aromatic rings. The molecule has 0 aliphatic carbocycles. The highest BCUT2D eigenvalue weighted by molar-refractivity contribution is 6.32. The van der Waals surface area contributed by atoms with Gasteiger partial charge in [-0.1, -0.05) is 23.2 Å². The Hall–Kier alpha value is -2.11. The fraction of sp³-hybridized carbons (Fsp3) is 0.316. The summed E-state index contributed by atoms with van der Waals surface area (Å²) in [5.74, 6) is 1.75. The molecule has 1 N–H and O–H groups in total. The topological polar surface area (TPSA) is 56.8 Å². The first-order valence-electron chi connectivity index (χ1n) is 8.35. The maximum atomic E-state index is 12.0. The molecule has 0 atom stereocenters. The molecule has 0 saturated carbocycles. The van der Waals surface area contributed by atoms with Gasteiger partial charge >= 0.3 is 0 Å². The number of rotatable bonds is 6. The molecule has 0 fully saturated rings. The van der Waals surface area contributed by atoms with E-state index in [4.69, 9.17) is 37.4 Å². The molecular formula is C19H19Cl2NO4. The number of halogens is 2. The number of nitrogens with one attached hydrogen (secondary N) is 1. The summed E-state index contributed by atoms with van der Waals surface area (Å²) in [7, 11) is 0. The Morgan fingerprint density at radius 3 is 2.69 bits per heavy atom. The molecule has 1 heterocycles. The summed E-state index contributed by atoms with van der Waals surface area (Å²) in [4.78, 5) is 12.0. The van der Waals surface area contributed by atoms with Crippen molar-refractivity contribution in [3.8, 4) is 17.2 Å². The molecule has 3 rings (SSSR count). The van der Waals surface area contributed by atoms with Gasteiger partial charge < -0.3 is 19.5 Å². The quantitative estimate of drug-likeness (QED) is 0.794. The minimum atomic E-state index is -0.109. The monoisotopic (exact) mass is 395 g/mol. The lowest BCUT2D eigenvalue weighted by Gasteiger charge is -2.12. The van der Waals surface area contributed by atoms with Crippen molar-refractivity contribution < 1.29 is 19.0 Å². The van der Waals surface area contributed by atoms with Gasteiger partial charge in [0.2, 0.25) is 5.91 Å². The van der Waals surface area contributed by atoms with Crippen LogP contribution in [0.5, 0.6) is 17.2 Å². The SMILES string of the molecule is O=C(CCOc1ccc(Cl)cc1)NCc1cc(Cl)c2c(c1)OCCCO2. The smallest absolute Gasteiger partial charge is 0.223 e. The number of benzene rings is 2. The number of carbonyl (C=O) groups excluding carboxylic acids is 1. The van der Waals surface area contributed by atoms with Crippen molar-refractivity contribution in [2.45, 2.75) is 19.4 Å². The minimum absolute atomic E-state index is 0.109. The van der Waals surface area contributed by atoms with Gasteiger partial charge in [-0.25, -0.2) is 0 Å². The normalized spacial score (nSPS) is 13.0. The highest BCUT2D eigenvalue weighted by Gasteiger charge is 2.15. The van der Waals surface area contributed by atoms with E-state index >= 15 is 0 Å². The molecule has 1 aliphatic heterocycles. The van der Waals surface area contributed by atoms with Crippen LogP contribution in [-0.4, -0.2) is 25.7 Å². The Morgan fingerprint density at radius 2 is 1.88 bits per heavy atom. The highest BCUT2D eigenvalue weighted by Crippen LogP contribution is 2.37. The van der Waals surface area contributed by atoms with Crippen molar-refractivity contribution in [2.75, 3.05) is 19.8 Å². The molecule has 0 bridgehead atoms. The largest absolute Gasteiger partial charge is 0.493 e. The Morgan fingerprint density at radius 1 is 1.12 bits per heavy atom. The minimum Gasteiger partial charge on any atom is -0.493 e. The molecule has 0 radical (unpaired) electrons. The van der Waals surface area contributed by atoms with E-state index in [1.807, 2.05) is 6.07 Å². The molecule has 7 heteroatoms. The third-order valence-corrected chi connectivity index (χ3v) is 4.30. The van der Waals surface area contributed by atoms with Crippen LogP contribution in [0.3, 0.4) is 0 Å². The van der Waals surface area contributed by atoms with Gasteiger partial charge in [-0.05, 0) is 42.0 Å². The van der Waals surface area contributed by atoms with Crippen LogP contribution in [0, 0.1) is 0 Å². The molecule has 0 saturated heterocycles. The van der Waals surface area contributed by atoms with Crippen molar-refractivity contribution in [1.29, 1.82) is 0 Å². The lowest BCUT2D eigenvalue weighted by atomic mass is 10.2. The number of hydrogen-bond acceptors (Lipinski definition) is 4. The van der Waals surface area contributed by atoms with Gasteiger partial charge in [0.15, 0.2) is 11.5 Å². The molecule has 5 nitrogen and oxygen atoms in total. The van der Waals surface area contributed by atoms with E-state index < -0.39 is 0 Å². The lowest BCUT2D eigenvalue weighted by Crippen LogP contribution is -2.24. The Balaban J connectivity index is 1.47. The van der Waals surface area contributed by atoms with Crippen LogP contribution in [0.25, 0.3) is 0 Å². The third kappa shape index (κ3) is 5.19. The first-order chi connectivity index (χ1) is 12.6. The van der Waals surface area contributed by atoms with Gasteiger partial charge in [0.1, 0.15) is 5.75 Å². The summed E-state index contributed by atoms with van der Waals surface area (Å²) in [6.07, 6.45) is 1.06. The van der Waals surface area contributed by atoms with Crippen LogP contribution in [0.4, 0.5) is 0 Å². The zero-order valence-corrected chi connectivity index (χ0v) is 15.6. The van der Waals surface area contributed by atoms with E-state index in [9.17, 15) is 4.79 Å². The van der Waals surface area contributed by atoms with Crippen LogP contribution in [0.1, 0.15) is 18.4 Å². The molecule has 2 aromatic carbocycles. The maximum absolute atomic E-state index is 12.0. The number of fused-ring (bicyclic) bond motifs is 1. The second-order valence-corrected chi connectivity index (χ2v) is 6.63. The maximum Gasteiger partial charge on any atom is 0.223 e. The first kappa shape index (κ1) is 18.7. The van der Waals surface area contributed by atoms with E-state index in [2.05, 4.69) is 5.32 Å². The van der Waals surface area contributed by atoms with Gasteiger partial charge in [-0.3, -0.25) is 4.79 Å². The van der Waals surface area contributed by atoms with Gasteiger partial charge in [-0.15, -0.1) is 0 Å². The highest BCUT2D eigenvalue weighted by atomic mass is 35.5. The van der Waals surface area contributed by atoms with E-state index in [0.717, 1.165) is 12.0 Å². The molecule has 0 spiro atoms. The van der Waals surface area contributed by atoms with E-state index in [1.165, 1.54) is 0 Å². The van der Waals surface area contributed by atoms with E-state index in [0.29, 0.717) is 47.1 Å². The van der Waals surface area contributed by atoms with Crippen molar-refractivity contribution in [2.24, 2.45) is 0 Å². The lowest BCUT2D eigenvalue weighted by molar-refractivity contribution is -0.121. The predicted molar refractivity (Wildman–Crippen MR) is 100 cm³/mol. The summed E-state index contributed by atoms with van der Waals surface area (Å²) in [5, 5.41) is 3.98. The summed E-state index contributed by atoms with van der Waals surface area (Å²) in [6, 6.07) is 10.6. The van der Waals surface area contributed by atoms with E-state index in [1.54, 1.807) is 30.3 Å². The van der Waals surface area contributed by atoms with Gasteiger partial charge in [0, 0.05) is 18.0 Å². The van der Waals surface area contributed by atoms with Crippen LogP contribution in [0.2, 0.25) is 10.0 Å². The molecule has 26 heavy (non-hydrogen) atoms. The number of hydrogen-bond donors (Lipinski definition) is 1. The van der Waals surface area contributed by atoms with Crippen molar-refractivity contribution in [3.05, 3.63) is 52.0 Å².